The van der Waals surface area contributed by atoms with Gasteiger partial charge >= 0.3 is 0 Å². The first-order chi connectivity index (χ1) is 19.2. The average Bonchev–Trinajstić information content (AvgIpc) is 3.36. The number of hydrogen-bond acceptors (Lipinski definition) is 2. The highest BCUT2D eigenvalue weighted by Gasteiger charge is 2.16. The molecule has 0 aliphatic rings. The minimum absolute atomic E-state index is 0.901. The molecule has 0 aliphatic carbocycles. The number of furan rings is 1. The van der Waals surface area contributed by atoms with Crippen molar-refractivity contribution in [3.8, 4) is 22.3 Å². The number of aryl methyl sites for hydroxylation is 1. The topological polar surface area (TPSA) is 16.4 Å². The predicted octanol–water partition coefficient (Wildman–Crippen LogP) is 10.7. The van der Waals surface area contributed by atoms with Crippen molar-refractivity contribution in [3.63, 3.8) is 0 Å². The van der Waals surface area contributed by atoms with E-state index in [-0.39, 0.29) is 0 Å². The fourth-order valence-electron chi connectivity index (χ4n) is 5.33. The van der Waals surface area contributed by atoms with Crippen molar-refractivity contribution in [1.29, 1.82) is 0 Å². The van der Waals surface area contributed by atoms with Crippen LogP contribution in [0.1, 0.15) is 5.56 Å². The van der Waals surface area contributed by atoms with Crippen LogP contribution in [0.3, 0.4) is 0 Å². The van der Waals surface area contributed by atoms with Crippen LogP contribution in [0, 0.1) is 6.92 Å². The number of hydrogen-bond donors (Lipinski definition) is 0. The second kappa shape index (κ2) is 9.66. The zero-order valence-corrected chi connectivity index (χ0v) is 21.7. The van der Waals surface area contributed by atoms with Gasteiger partial charge in [0.05, 0.1) is 0 Å². The third-order valence-corrected chi connectivity index (χ3v) is 7.33. The Morgan fingerprint density at radius 3 is 1.38 bits per heavy atom. The highest BCUT2D eigenvalue weighted by molar-refractivity contribution is 6.06. The monoisotopic (exact) mass is 501 g/mol. The largest absolute Gasteiger partial charge is 0.456 e. The molecule has 0 bridgehead atoms. The molecule has 0 saturated carbocycles. The summed E-state index contributed by atoms with van der Waals surface area (Å²) in [5, 5.41) is 2.27. The number of nitrogens with zero attached hydrogens (tertiary/aromatic N) is 1. The molecule has 0 amide bonds. The minimum Gasteiger partial charge on any atom is -0.456 e. The molecule has 7 rings (SSSR count). The summed E-state index contributed by atoms with van der Waals surface area (Å²) < 4.78 is 6.16. The van der Waals surface area contributed by atoms with Crippen molar-refractivity contribution in [2.24, 2.45) is 0 Å². The standard InChI is InChI=1S/C37H27NO/c1-26-12-22-36-34(24-26)35-25-33(21-23-37(35)39-36)38(31-17-13-29(14-18-31)27-8-4-2-5-9-27)32-19-15-30(16-20-32)28-10-6-3-7-11-28/h2-25H,1H3. The number of rotatable bonds is 5. The Hall–Kier alpha value is -5.08. The molecule has 7 aromatic rings. The SMILES string of the molecule is Cc1ccc2oc3ccc(N(c4ccc(-c5ccccc5)cc4)c4ccc(-c5ccccc5)cc4)cc3c2c1. The van der Waals surface area contributed by atoms with Gasteiger partial charge in [0, 0.05) is 27.8 Å². The molecular formula is C37H27NO. The second-order valence-corrected chi connectivity index (χ2v) is 9.94. The Kier molecular flexibility index (Phi) is 5.71. The molecule has 0 unspecified atom stereocenters. The summed E-state index contributed by atoms with van der Waals surface area (Å²) in [6.45, 7) is 2.12. The summed E-state index contributed by atoms with van der Waals surface area (Å²) >= 11 is 0. The molecule has 2 nitrogen and oxygen atoms in total. The van der Waals surface area contributed by atoms with Crippen LogP contribution >= 0.6 is 0 Å². The van der Waals surface area contributed by atoms with E-state index in [2.05, 4.69) is 157 Å². The lowest BCUT2D eigenvalue weighted by atomic mass is 10.0. The molecule has 0 atom stereocenters. The van der Waals surface area contributed by atoms with Gasteiger partial charge in [0.15, 0.2) is 0 Å². The maximum atomic E-state index is 6.16. The summed E-state index contributed by atoms with van der Waals surface area (Å²) in [5.41, 5.74) is 11.2. The Labute approximate surface area is 228 Å². The number of anilines is 3. The number of benzene rings is 6. The fourth-order valence-corrected chi connectivity index (χ4v) is 5.33. The molecule has 0 spiro atoms. The number of fused-ring (bicyclic) bond motifs is 3. The van der Waals surface area contributed by atoms with Crippen LogP contribution in [0.25, 0.3) is 44.2 Å². The summed E-state index contributed by atoms with van der Waals surface area (Å²) in [7, 11) is 0. The van der Waals surface area contributed by atoms with Gasteiger partial charge in [-0.2, -0.15) is 0 Å². The first kappa shape index (κ1) is 23.1. The zero-order valence-electron chi connectivity index (χ0n) is 21.7. The summed E-state index contributed by atoms with van der Waals surface area (Å²) in [6.07, 6.45) is 0. The van der Waals surface area contributed by atoms with E-state index in [1.54, 1.807) is 0 Å². The van der Waals surface area contributed by atoms with Crippen LogP contribution in [0.4, 0.5) is 17.1 Å². The normalized spacial score (nSPS) is 11.2. The van der Waals surface area contributed by atoms with Crippen molar-refractivity contribution in [1.82, 2.24) is 0 Å². The van der Waals surface area contributed by atoms with E-state index in [1.165, 1.54) is 27.8 Å². The van der Waals surface area contributed by atoms with Gasteiger partial charge in [0.2, 0.25) is 0 Å². The van der Waals surface area contributed by atoms with Crippen molar-refractivity contribution < 1.29 is 4.42 Å². The van der Waals surface area contributed by atoms with Crippen LogP contribution in [0.5, 0.6) is 0 Å². The lowest BCUT2D eigenvalue weighted by molar-refractivity contribution is 0.669. The van der Waals surface area contributed by atoms with Gasteiger partial charge in [-0.3, -0.25) is 0 Å². The van der Waals surface area contributed by atoms with E-state index in [9.17, 15) is 0 Å². The van der Waals surface area contributed by atoms with Gasteiger partial charge in [-0.05, 0) is 83.8 Å². The third kappa shape index (κ3) is 4.36. The average molecular weight is 502 g/mol. The van der Waals surface area contributed by atoms with Crippen molar-refractivity contribution >= 4 is 39.0 Å². The molecule has 186 valence electrons. The highest BCUT2D eigenvalue weighted by Crippen LogP contribution is 2.40. The summed E-state index contributed by atoms with van der Waals surface area (Å²) in [5.74, 6) is 0. The van der Waals surface area contributed by atoms with Gasteiger partial charge in [-0.15, -0.1) is 0 Å². The maximum Gasteiger partial charge on any atom is 0.135 e. The van der Waals surface area contributed by atoms with Gasteiger partial charge < -0.3 is 9.32 Å². The molecule has 0 radical (unpaired) electrons. The Bertz CT molecular complexity index is 1800. The first-order valence-electron chi connectivity index (χ1n) is 13.3. The molecule has 1 heterocycles. The van der Waals surface area contributed by atoms with Crippen molar-refractivity contribution in [2.75, 3.05) is 4.90 Å². The molecule has 0 saturated heterocycles. The Morgan fingerprint density at radius 1 is 0.410 bits per heavy atom. The lowest BCUT2D eigenvalue weighted by Crippen LogP contribution is -2.09. The molecule has 39 heavy (non-hydrogen) atoms. The molecule has 0 N–H and O–H groups in total. The summed E-state index contributed by atoms with van der Waals surface area (Å²) in [6, 6.07) is 51.5. The first-order valence-corrected chi connectivity index (χ1v) is 13.3. The highest BCUT2D eigenvalue weighted by atomic mass is 16.3. The second-order valence-electron chi connectivity index (χ2n) is 9.94. The van der Waals surface area contributed by atoms with E-state index >= 15 is 0 Å². The van der Waals surface area contributed by atoms with E-state index in [0.29, 0.717) is 0 Å². The van der Waals surface area contributed by atoms with Gasteiger partial charge in [0.1, 0.15) is 11.2 Å². The molecule has 1 aromatic heterocycles. The molecule has 0 fully saturated rings. The minimum atomic E-state index is 0.901. The summed E-state index contributed by atoms with van der Waals surface area (Å²) in [4.78, 5) is 2.32. The molecule has 6 aromatic carbocycles. The molecule has 2 heteroatoms. The maximum absolute atomic E-state index is 6.16. The predicted molar refractivity (Wildman–Crippen MR) is 164 cm³/mol. The third-order valence-electron chi connectivity index (χ3n) is 7.33. The van der Waals surface area contributed by atoms with Crippen LogP contribution in [0.15, 0.2) is 150 Å². The van der Waals surface area contributed by atoms with E-state index < -0.39 is 0 Å². The van der Waals surface area contributed by atoms with Crippen molar-refractivity contribution in [3.05, 3.63) is 151 Å². The zero-order chi connectivity index (χ0) is 26.2. The smallest absolute Gasteiger partial charge is 0.135 e. The van der Waals surface area contributed by atoms with Crippen LogP contribution in [-0.2, 0) is 0 Å². The Balaban J connectivity index is 1.36. The van der Waals surface area contributed by atoms with Crippen molar-refractivity contribution in [2.45, 2.75) is 6.92 Å². The van der Waals surface area contributed by atoms with E-state index in [0.717, 1.165) is 39.0 Å². The molecular weight excluding hydrogens is 474 g/mol. The lowest BCUT2D eigenvalue weighted by Gasteiger charge is -2.26. The quantitative estimate of drug-likeness (QED) is 0.233. The van der Waals surface area contributed by atoms with Gasteiger partial charge in [0.25, 0.3) is 0 Å². The van der Waals surface area contributed by atoms with Crippen LogP contribution in [-0.4, -0.2) is 0 Å². The van der Waals surface area contributed by atoms with E-state index in [4.69, 9.17) is 4.42 Å². The molecule has 0 aliphatic heterocycles. The van der Waals surface area contributed by atoms with Gasteiger partial charge in [-0.25, -0.2) is 0 Å². The van der Waals surface area contributed by atoms with Crippen LogP contribution in [0.2, 0.25) is 0 Å². The fraction of sp³-hybridized carbons (Fsp3) is 0.0270. The Morgan fingerprint density at radius 2 is 0.846 bits per heavy atom. The van der Waals surface area contributed by atoms with Gasteiger partial charge in [-0.1, -0.05) is 96.6 Å². The van der Waals surface area contributed by atoms with E-state index in [1.807, 2.05) is 0 Å². The van der Waals surface area contributed by atoms with Crippen LogP contribution < -0.4 is 4.90 Å².